The SMILES string of the molecule is C=CC(=O)OCCOC(=O)C1C=CCCC1(C)C(=O)OCC1CO1. The summed E-state index contributed by atoms with van der Waals surface area (Å²) in [6.07, 6.45) is 5.72. The van der Waals surface area contributed by atoms with Crippen LogP contribution in [0.2, 0.25) is 0 Å². The van der Waals surface area contributed by atoms with Crippen LogP contribution < -0.4 is 0 Å². The van der Waals surface area contributed by atoms with Gasteiger partial charge in [0.05, 0.1) is 17.9 Å². The second kappa shape index (κ2) is 8.10. The maximum Gasteiger partial charge on any atom is 0.330 e. The lowest BCUT2D eigenvalue weighted by Gasteiger charge is -2.34. The molecule has 0 spiro atoms. The first-order valence-electron chi connectivity index (χ1n) is 7.88. The third kappa shape index (κ3) is 4.67. The van der Waals surface area contributed by atoms with Crippen LogP contribution in [0.3, 0.4) is 0 Å². The van der Waals surface area contributed by atoms with E-state index in [0.29, 0.717) is 19.4 Å². The summed E-state index contributed by atoms with van der Waals surface area (Å²) in [6.45, 7) is 5.63. The highest BCUT2D eigenvalue weighted by Crippen LogP contribution is 2.39. The second-order valence-corrected chi connectivity index (χ2v) is 5.95. The van der Waals surface area contributed by atoms with E-state index in [0.717, 1.165) is 6.08 Å². The molecule has 0 amide bonds. The van der Waals surface area contributed by atoms with Crippen molar-refractivity contribution in [3.8, 4) is 0 Å². The number of epoxide rings is 1. The largest absolute Gasteiger partial charge is 0.462 e. The molecular formula is C17H22O7. The summed E-state index contributed by atoms with van der Waals surface area (Å²) >= 11 is 0. The first kappa shape index (κ1) is 18.2. The van der Waals surface area contributed by atoms with Crippen molar-refractivity contribution in [1.29, 1.82) is 0 Å². The van der Waals surface area contributed by atoms with Crippen molar-refractivity contribution >= 4 is 17.9 Å². The number of carbonyl (C=O) groups excluding carboxylic acids is 3. The molecule has 2 aliphatic rings. The molecule has 7 nitrogen and oxygen atoms in total. The molecule has 2 rings (SSSR count). The Hall–Kier alpha value is -2.15. The number of hydrogen-bond acceptors (Lipinski definition) is 7. The third-order valence-electron chi connectivity index (χ3n) is 4.11. The highest BCUT2D eigenvalue weighted by atomic mass is 16.6. The normalized spacial score (nSPS) is 27.9. The van der Waals surface area contributed by atoms with Crippen LogP contribution in [0.25, 0.3) is 0 Å². The predicted octanol–water partition coefficient (Wildman–Crippen LogP) is 1.17. The molecule has 0 saturated carbocycles. The molecular weight excluding hydrogens is 316 g/mol. The standard InChI is InChI=1S/C17H22O7/c1-3-14(18)21-8-9-22-15(19)13-6-4-5-7-17(13,2)16(20)24-11-12-10-23-12/h3-4,6,12-13H,1,5,7-11H2,2H3. The molecule has 0 aromatic carbocycles. The van der Waals surface area contributed by atoms with Crippen molar-refractivity contribution in [2.75, 3.05) is 26.4 Å². The van der Waals surface area contributed by atoms with Gasteiger partial charge in [-0.15, -0.1) is 0 Å². The minimum absolute atomic E-state index is 0.0263. The van der Waals surface area contributed by atoms with E-state index in [1.54, 1.807) is 13.0 Å². The Bertz CT molecular complexity index is 535. The Labute approximate surface area is 140 Å². The Morgan fingerprint density at radius 3 is 2.67 bits per heavy atom. The molecule has 7 heteroatoms. The Morgan fingerprint density at radius 1 is 1.29 bits per heavy atom. The van der Waals surface area contributed by atoms with E-state index in [9.17, 15) is 14.4 Å². The van der Waals surface area contributed by atoms with E-state index in [-0.39, 0.29) is 25.9 Å². The molecule has 0 aromatic rings. The van der Waals surface area contributed by atoms with Gasteiger partial charge in [-0.3, -0.25) is 9.59 Å². The van der Waals surface area contributed by atoms with E-state index in [1.807, 2.05) is 6.08 Å². The summed E-state index contributed by atoms with van der Waals surface area (Å²) in [5.74, 6) is -2.28. The first-order chi connectivity index (χ1) is 11.5. The minimum Gasteiger partial charge on any atom is -0.462 e. The van der Waals surface area contributed by atoms with Gasteiger partial charge in [0.1, 0.15) is 25.9 Å². The molecule has 0 bridgehead atoms. The van der Waals surface area contributed by atoms with Crippen molar-refractivity contribution in [2.24, 2.45) is 11.3 Å². The molecule has 0 radical (unpaired) electrons. The Morgan fingerprint density at radius 2 is 2.00 bits per heavy atom. The second-order valence-electron chi connectivity index (χ2n) is 5.95. The number of rotatable bonds is 8. The van der Waals surface area contributed by atoms with Crippen LogP contribution in [0.4, 0.5) is 0 Å². The number of ether oxygens (including phenoxy) is 4. The number of esters is 3. The van der Waals surface area contributed by atoms with Crippen LogP contribution in [0.15, 0.2) is 24.8 Å². The monoisotopic (exact) mass is 338 g/mol. The van der Waals surface area contributed by atoms with Crippen LogP contribution in [-0.2, 0) is 33.3 Å². The first-order valence-corrected chi connectivity index (χ1v) is 7.88. The van der Waals surface area contributed by atoms with Gasteiger partial charge in [0.2, 0.25) is 0 Å². The van der Waals surface area contributed by atoms with Gasteiger partial charge in [-0.1, -0.05) is 18.7 Å². The lowest BCUT2D eigenvalue weighted by molar-refractivity contribution is -0.168. The van der Waals surface area contributed by atoms with Crippen LogP contribution >= 0.6 is 0 Å². The average molecular weight is 338 g/mol. The fraction of sp³-hybridized carbons (Fsp3) is 0.588. The summed E-state index contributed by atoms with van der Waals surface area (Å²) in [4.78, 5) is 35.7. The molecule has 3 atom stereocenters. The van der Waals surface area contributed by atoms with Gasteiger partial charge >= 0.3 is 17.9 Å². The molecule has 1 fully saturated rings. The van der Waals surface area contributed by atoms with Gasteiger partial charge in [0.25, 0.3) is 0 Å². The Balaban J connectivity index is 1.88. The summed E-state index contributed by atoms with van der Waals surface area (Å²) in [5, 5.41) is 0. The average Bonchev–Trinajstić information content (AvgIpc) is 3.40. The summed E-state index contributed by atoms with van der Waals surface area (Å²) in [7, 11) is 0. The van der Waals surface area contributed by atoms with E-state index in [4.69, 9.17) is 18.9 Å². The van der Waals surface area contributed by atoms with Crippen molar-refractivity contribution in [3.63, 3.8) is 0 Å². The van der Waals surface area contributed by atoms with Gasteiger partial charge in [-0.25, -0.2) is 4.79 Å². The molecule has 3 unspecified atom stereocenters. The molecule has 1 heterocycles. The topological polar surface area (TPSA) is 91.4 Å². The zero-order chi connectivity index (χ0) is 17.6. The summed E-state index contributed by atoms with van der Waals surface area (Å²) in [5.41, 5.74) is -0.974. The van der Waals surface area contributed by atoms with Crippen molar-refractivity contribution in [3.05, 3.63) is 24.8 Å². The van der Waals surface area contributed by atoms with Crippen LogP contribution in [0, 0.1) is 11.3 Å². The van der Waals surface area contributed by atoms with Crippen molar-refractivity contribution < 1.29 is 33.3 Å². The molecule has 24 heavy (non-hydrogen) atoms. The fourth-order valence-corrected chi connectivity index (χ4v) is 2.48. The highest BCUT2D eigenvalue weighted by Gasteiger charge is 2.47. The predicted molar refractivity (Wildman–Crippen MR) is 82.8 cm³/mol. The lowest BCUT2D eigenvalue weighted by atomic mass is 9.70. The van der Waals surface area contributed by atoms with Crippen LogP contribution in [-0.4, -0.2) is 50.4 Å². The van der Waals surface area contributed by atoms with Crippen LogP contribution in [0.1, 0.15) is 19.8 Å². The maximum atomic E-state index is 12.4. The fourth-order valence-electron chi connectivity index (χ4n) is 2.48. The minimum atomic E-state index is -0.974. The summed E-state index contributed by atoms with van der Waals surface area (Å²) in [6, 6.07) is 0. The molecule has 0 N–H and O–H groups in total. The lowest BCUT2D eigenvalue weighted by Crippen LogP contribution is -2.43. The number of allylic oxidation sites excluding steroid dienone is 1. The summed E-state index contributed by atoms with van der Waals surface area (Å²) < 4.78 is 20.2. The molecule has 1 saturated heterocycles. The van der Waals surface area contributed by atoms with Crippen LogP contribution in [0.5, 0.6) is 0 Å². The number of carbonyl (C=O) groups is 3. The zero-order valence-corrected chi connectivity index (χ0v) is 13.7. The molecule has 132 valence electrons. The maximum absolute atomic E-state index is 12.4. The molecule has 1 aliphatic heterocycles. The quantitative estimate of drug-likeness (QED) is 0.164. The molecule has 1 aliphatic carbocycles. The van der Waals surface area contributed by atoms with Gasteiger partial charge in [-0.05, 0) is 19.8 Å². The van der Waals surface area contributed by atoms with E-state index >= 15 is 0 Å². The van der Waals surface area contributed by atoms with E-state index in [2.05, 4.69) is 6.58 Å². The van der Waals surface area contributed by atoms with E-state index < -0.39 is 29.2 Å². The van der Waals surface area contributed by atoms with Crippen molar-refractivity contribution in [2.45, 2.75) is 25.9 Å². The zero-order valence-electron chi connectivity index (χ0n) is 13.7. The third-order valence-corrected chi connectivity index (χ3v) is 4.11. The van der Waals surface area contributed by atoms with Gasteiger partial charge in [0, 0.05) is 6.08 Å². The Kier molecular flexibility index (Phi) is 6.14. The van der Waals surface area contributed by atoms with Gasteiger partial charge in [-0.2, -0.15) is 0 Å². The molecule has 0 aromatic heterocycles. The van der Waals surface area contributed by atoms with Crippen molar-refractivity contribution in [1.82, 2.24) is 0 Å². The highest BCUT2D eigenvalue weighted by molar-refractivity contribution is 5.87. The van der Waals surface area contributed by atoms with Gasteiger partial charge in [0.15, 0.2) is 0 Å². The van der Waals surface area contributed by atoms with E-state index in [1.165, 1.54) is 0 Å². The number of hydrogen-bond donors (Lipinski definition) is 0. The van der Waals surface area contributed by atoms with Gasteiger partial charge < -0.3 is 18.9 Å². The smallest absolute Gasteiger partial charge is 0.330 e.